The number of hydrogen-bond donors (Lipinski definition) is 0. The zero-order chi connectivity index (χ0) is 12.3. The van der Waals surface area contributed by atoms with E-state index in [0.29, 0.717) is 16.5 Å². The fraction of sp³-hybridized carbons (Fsp3) is 0.231. The summed E-state index contributed by atoms with van der Waals surface area (Å²) in [5.74, 6) is -0.378. The van der Waals surface area contributed by atoms with Gasteiger partial charge in [-0.1, -0.05) is 49.3 Å². The third-order valence-electron chi connectivity index (χ3n) is 2.20. The first-order valence-corrected chi connectivity index (χ1v) is 6.33. The zero-order valence-electron chi connectivity index (χ0n) is 9.71. The number of oxime groups is 1. The van der Waals surface area contributed by atoms with Gasteiger partial charge in [-0.25, -0.2) is 4.79 Å². The molecule has 0 spiro atoms. The van der Waals surface area contributed by atoms with Crippen LogP contribution >= 0.6 is 11.8 Å². The summed E-state index contributed by atoms with van der Waals surface area (Å²) in [7, 11) is 0. The molecule has 0 saturated heterocycles. The number of benzene rings is 1. The summed E-state index contributed by atoms with van der Waals surface area (Å²) in [6.07, 6.45) is 0. The first-order chi connectivity index (χ1) is 8.18. The molecule has 88 valence electrons. The van der Waals surface area contributed by atoms with E-state index in [1.165, 1.54) is 0 Å². The van der Waals surface area contributed by atoms with Gasteiger partial charge in [0.05, 0.1) is 5.57 Å². The minimum absolute atomic E-state index is 0.378. The van der Waals surface area contributed by atoms with E-state index in [2.05, 4.69) is 19.0 Å². The number of thioether (sulfide) groups is 1. The highest BCUT2D eigenvalue weighted by atomic mass is 32.2. The Morgan fingerprint density at radius 1 is 1.29 bits per heavy atom. The molecule has 1 aliphatic heterocycles. The van der Waals surface area contributed by atoms with Gasteiger partial charge in [-0.2, -0.15) is 0 Å². The number of carbonyl (C=O) groups excluding carboxylic acids is 1. The van der Waals surface area contributed by atoms with Gasteiger partial charge >= 0.3 is 5.97 Å². The molecular weight excluding hydrogens is 234 g/mol. The quantitative estimate of drug-likeness (QED) is 0.609. The van der Waals surface area contributed by atoms with E-state index in [9.17, 15) is 4.79 Å². The monoisotopic (exact) mass is 247 g/mol. The second-order valence-corrected chi connectivity index (χ2v) is 5.35. The van der Waals surface area contributed by atoms with Crippen LogP contribution in [-0.2, 0) is 9.63 Å². The van der Waals surface area contributed by atoms with E-state index >= 15 is 0 Å². The lowest BCUT2D eigenvalue weighted by Crippen LogP contribution is -2.06. The minimum Gasteiger partial charge on any atom is -0.312 e. The predicted molar refractivity (Wildman–Crippen MR) is 69.9 cm³/mol. The third kappa shape index (κ3) is 2.77. The van der Waals surface area contributed by atoms with Crippen molar-refractivity contribution < 1.29 is 9.63 Å². The fourth-order valence-corrected chi connectivity index (χ4v) is 2.01. The van der Waals surface area contributed by atoms with Gasteiger partial charge < -0.3 is 4.84 Å². The molecule has 0 aliphatic carbocycles. The smallest absolute Gasteiger partial charge is 0.312 e. The van der Waals surface area contributed by atoms with Crippen LogP contribution in [0, 0.1) is 0 Å². The second kappa shape index (κ2) is 5.19. The highest BCUT2D eigenvalue weighted by Gasteiger charge is 2.26. The van der Waals surface area contributed by atoms with Crippen LogP contribution in [-0.4, -0.2) is 16.9 Å². The summed E-state index contributed by atoms with van der Waals surface area (Å²) in [6.45, 7) is 4.14. The summed E-state index contributed by atoms with van der Waals surface area (Å²) >= 11 is 1.59. The SMILES string of the molecule is CC(C)SC=C1C(=O)ON=C1c1ccccc1. The van der Waals surface area contributed by atoms with Crippen molar-refractivity contribution in [1.29, 1.82) is 0 Å². The second-order valence-electron chi connectivity index (χ2n) is 3.90. The topological polar surface area (TPSA) is 38.7 Å². The summed E-state index contributed by atoms with van der Waals surface area (Å²) in [4.78, 5) is 16.3. The maximum atomic E-state index is 11.6. The van der Waals surface area contributed by atoms with E-state index in [-0.39, 0.29) is 5.97 Å². The van der Waals surface area contributed by atoms with Gasteiger partial charge in [0.15, 0.2) is 0 Å². The van der Waals surface area contributed by atoms with Gasteiger partial charge in [0.2, 0.25) is 0 Å². The van der Waals surface area contributed by atoms with Crippen LogP contribution in [0.1, 0.15) is 19.4 Å². The van der Waals surface area contributed by atoms with Crippen LogP contribution in [0.5, 0.6) is 0 Å². The molecule has 0 unspecified atom stereocenters. The van der Waals surface area contributed by atoms with E-state index in [4.69, 9.17) is 4.84 Å². The van der Waals surface area contributed by atoms with Gasteiger partial charge in [-0.3, -0.25) is 0 Å². The lowest BCUT2D eigenvalue weighted by atomic mass is 10.1. The molecule has 0 bridgehead atoms. The van der Waals surface area contributed by atoms with Crippen molar-refractivity contribution in [3.63, 3.8) is 0 Å². The molecule has 4 heteroatoms. The Bertz CT molecular complexity index is 477. The summed E-state index contributed by atoms with van der Waals surface area (Å²) in [5, 5.41) is 6.08. The molecule has 0 aromatic heterocycles. The van der Waals surface area contributed by atoms with Crippen LogP contribution in [0.15, 0.2) is 46.5 Å². The van der Waals surface area contributed by atoms with Crippen molar-refractivity contribution in [2.24, 2.45) is 5.16 Å². The van der Waals surface area contributed by atoms with Crippen LogP contribution in [0.4, 0.5) is 0 Å². The Labute approximate surface area is 105 Å². The Morgan fingerprint density at radius 3 is 2.65 bits per heavy atom. The maximum Gasteiger partial charge on any atom is 0.368 e. The molecule has 1 aromatic carbocycles. The molecule has 17 heavy (non-hydrogen) atoms. The first-order valence-electron chi connectivity index (χ1n) is 5.39. The molecule has 0 amide bonds. The minimum atomic E-state index is -0.378. The number of carbonyl (C=O) groups is 1. The predicted octanol–water partition coefficient (Wildman–Crippen LogP) is 2.97. The normalized spacial score (nSPS) is 17.5. The van der Waals surface area contributed by atoms with E-state index in [1.54, 1.807) is 11.8 Å². The van der Waals surface area contributed by atoms with Crippen molar-refractivity contribution in [3.8, 4) is 0 Å². The fourth-order valence-electron chi connectivity index (χ4n) is 1.39. The van der Waals surface area contributed by atoms with E-state index < -0.39 is 0 Å². The molecule has 1 heterocycles. The third-order valence-corrected chi connectivity index (χ3v) is 3.12. The molecule has 1 aromatic rings. The van der Waals surface area contributed by atoms with Gasteiger partial charge in [-0.05, 0) is 5.41 Å². The van der Waals surface area contributed by atoms with Crippen molar-refractivity contribution >= 4 is 23.4 Å². The summed E-state index contributed by atoms with van der Waals surface area (Å²) in [5.41, 5.74) is 2.05. The maximum absolute atomic E-state index is 11.6. The lowest BCUT2D eigenvalue weighted by molar-refractivity contribution is -0.136. The Balaban J connectivity index is 2.28. The Morgan fingerprint density at radius 2 is 2.00 bits per heavy atom. The molecule has 1 aliphatic rings. The molecule has 0 atom stereocenters. The largest absolute Gasteiger partial charge is 0.368 e. The van der Waals surface area contributed by atoms with Crippen molar-refractivity contribution in [2.45, 2.75) is 19.1 Å². The number of rotatable bonds is 3. The van der Waals surface area contributed by atoms with Crippen molar-refractivity contribution in [3.05, 3.63) is 46.9 Å². The molecule has 0 N–H and O–H groups in total. The van der Waals surface area contributed by atoms with Gasteiger partial charge in [0, 0.05) is 10.8 Å². The van der Waals surface area contributed by atoms with Gasteiger partial charge in [-0.15, -0.1) is 11.8 Å². The standard InChI is InChI=1S/C13H13NO2S/c1-9(2)17-8-11-12(14-16-13(11)15)10-6-4-3-5-7-10/h3-9H,1-2H3. The van der Waals surface area contributed by atoms with E-state index in [1.807, 2.05) is 35.7 Å². The average molecular weight is 247 g/mol. The lowest BCUT2D eigenvalue weighted by Gasteiger charge is -2.01. The summed E-state index contributed by atoms with van der Waals surface area (Å²) < 4.78 is 0. The Kier molecular flexibility index (Phi) is 3.64. The van der Waals surface area contributed by atoms with Gasteiger partial charge in [0.1, 0.15) is 5.71 Å². The van der Waals surface area contributed by atoms with Gasteiger partial charge in [0.25, 0.3) is 0 Å². The van der Waals surface area contributed by atoms with Crippen molar-refractivity contribution in [1.82, 2.24) is 0 Å². The van der Waals surface area contributed by atoms with E-state index in [0.717, 1.165) is 5.56 Å². The average Bonchev–Trinajstić information content (AvgIpc) is 2.69. The Hall–Kier alpha value is -1.55. The molecule has 0 radical (unpaired) electrons. The molecule has 3 nitrogen and oxygen atoms in total. The molecule has 2 rings (SSSR count). The zero-order valence-corrected chi connectivity index (χ0v) is 10.5. The number of nitrogens with zero attached hydrogens (tertiary/aromatic N) is 1. The van der Waals surface area contributed by atoms with Crippen molar-refractivity contribution in [2.75, 3.05) is 0 Å². The van der Waals surface area contributed by atoms with Crippen LogP contribution in [0.3, 0.4) is 0 Å². The first kappa shape index (κ1) is 11.9. The number of hydrogen-bond acceptors (Lipinski definition) is 4. The molecule has 0 saturated carbocycles. The van der Waals surface area contributed by atoms with Crippen LogP contribution < -0.4 is 0 Å². The molecular formula is C13H13NO2S. The summed E-state index contributed by atoms with van der Waals surface area (Å²) in [6, 6.07) is 9.57. The van der Waals surface area contributed by atoms with Crippen LogP contribution in [0.2, 0.25) is 0 Å². The van der Waals surface area contributed by atoms with Crippen LogP contribution in [0.25, 0.3) is 0 Å². The molecule has 0 fully saturated rings. The highest BCUT2D eigenvalue weighted by Crippen LogP contribution is 2.22. The highest BCUT2D eigenvalue weighted by molar-refractivity contribution is 8.02.